The van der Waals surface area contributed by atoms with E-state index in [-0.39, 0.29) is 22.5 Å². The van der Waals surface area contributed by atoms with Crippen LogP contribution < -0.4 is 10.5 Å². The Bertz CT molecular complexity index is 1580. The summed E-state index contributed by atoms with van der Waals surface area (Å²) >= 11 is 0. The van der Waals surface area contributed by atoms with E-state index in [9.17, 15) is 29.6 Å². The largest absolute Gasteiger partial charge is 0.595 e. The molecule has 0 saturated heterocycles. The molecule has 3 unspecified atom stereocenters. The van der Waals surface area contributed by atoms with E-state index in [4.69, 9.17) is 4.74 Å². The summed E-state index contributed by atoms with van der Waals surface area (Å²) in [5.41, 5.74) is 1.59. The van der Waals surface area contributed by atoms with Crippen LogP contribution in [0.4, 0.5) is 11.4 Å². The van der Waals surface area contributed by atoms with Gasteiger partial charge in [0.2, 0.25) is 5.78 Å². The van der Waals surface area contributed by atoms with Crippen molar-refractivity contribution in [3.05, 3.63) is 125 Å². The van der Waals surface area contributed by atoms with Crippen molar-refractivity contribution in [1.82, 2.24) is 0 Å². The van der Waals surface area contributed by atoms with Gasteiger partial charge < -0.3 is 15.3 Å². The van der Waals surface area contributed by atoms with Gasteiger partial charge in [0.1, 0.15) is 17.7 Å². The van der Waals surface area contributed by atoms with Crippen LogP contribution in [-0.2, 0) is 14.3 Å². The van der Waals surface area contributed by atoms with Crippen LogP contribution in [0.3, 0.4) is 0 Å². The Morgan fingerprint density at radius 2 is 1.44 bits per heavy atom. The third-order valence-electron chi connectivity index (χ3n) is 6.50. The van der Waals surface area contributed by atoms with E-state index in [0.29, 0.717) is 11.1 Å². The Kier molecular flexibility index (Phi) is 7.11. The zero-order chi connectivity index (χ0) is 27.5. The van der Waals surface area contributed by atoms with Crippen LogP contribution in [-0.4, -0.2) is 28.7 Å². The molecule has 9 nitrogen and oxygen atoms in total. The molecule has 194 valence electrons. The number of esters is 1. The molecule has 0 spiro atoms. The highest BCUT2D eigenvalue weighted by molar-refractivity contribution is 6.45. The smallest absolute Gasteiger partial charge is 0.339 e. The summed E-state index contributed by atoms with van der Waals surface area (Å²) in [4.78, 5) is 53.7. The molecular formula is C30H22N2O7. The van der Waals surface area contributed by atoms with Crippen LogP contribution in [0.5, 0.6) is 0 Å². The van der Waals surface area contributed by atoms with Gasteiger partial charge in [0.25, 0.3) is 5.91 Å². The number of quaternary nitrogens is 1. The molecular weight excluding hydrogens is 500 g/mol. The molecule has 1 aliphatic rings. The van der Waals surface area contributed by atoms with Crippen LogP contribution in [0.15, 0.2) is 103 Å². The minimum atomic E-state index is -1.72. The highest BCUT2D eigenvalue weighted by Crippen LogP contribution is 2.39. The number of hydrogen-bond donors (Lipinski definition) is 3. The van der Waals surface area contributed by atoms with Crippen LogP contribution in [0.25, 0.3) is 11.1 Å². The van der Waals surface area contributed by atoms with E-state index >= 15 is 0 Å². The average molecular weight is 523 g/mol. The molecule has 0 radical (unpaired) electrons. The summed E-state index contributed by atoms with van der Waals surface area (Å²) in [6, 6.07) is 27.7. The fourth-order valence-electron chi connectivity index (χ4n) is 4.65. The van der Waals surface area contributed by atoms with Gasteiger partial charge in [0, 0.05) is 17.2 Å². The van der Waals surface area contributed by atoms with Gasteiger partial charge in [-0.2, -0.15) is 5.23 Å². The molecule has 3 atom stereocenters. The molecule has 0 bridgehead atoms. The first-order valence-corrected chi connectivity index (χ1v) is 12.0. The first-order chi connectivity index (χ1) is 18.9. The third-order valence-corrected chi connectivity index (χ3v) is 6.50. The fraction of sp³-hybridized carbons (Fsp3) is 0.0667. The molecule has 3 N–H and O–H groups in total. The molecule has 39 heavy (non-hydrogen) atoms. The number of carbonyl (C=O) groups is 4. The molecule has 1 amide bonds. The van der Waals surface area contributed by atoms with Crippen LogP contribution in [0.2, 0.25) is 0 Å². The zero-order valence-corrected chi connectivity index (χ0v) is 20.4. The number of Topliss-reactive ketones (excluding diaryl/α,β-unsaturated/α-hetero) is 2. The molecule has 0 saturated carbocycles. The fourth-order valence-corrected chi connectivity index (χ4v) is 4.65. The maximum absolute atomic E-state index is 14.1. The van der Waals surface area contributed by atoms with E-state index in [2.05, 4.69) is 5.32 Å². The Hall–Kier alpha value is -4.96. The van der Waals surface area contributed by atoms with Crippen molar-refractivity contribution in [1.29, 1.82) is 0 Å². The monoisotopic (exact) mass is 522 g/mol. The summed E-state index contributed by atoms with van der Waals surface area (Å²) in [6.45, 7) is 0. The number of nitrogens with one attached hydrogen (secondary N) is 2. The molecule has 0 fully saturated rings. The summed E-state index contributed by atoms with van der Waals surface area (Å²) in [7, 11) is 0. The Balaban J connectivity index is 1.58. The molecule has 9 heteroatoms. The van der Waals surface area contributed by atoms with Crippen molar-refractivity contribution in [2.24, 2.45) is 5.92 Å². The molecule has 0 aliphatic carbocycles. The van der Waals surface area contributed by atoms with E-state index < -0.39 is 40.7 Å². The Morgan fingerprint density at radius 3 is 2.18 bits per heavy atom. The number of ketones is 2. The minimum Gasteiger partial charge on any atom is -0.595 e. The first-order valence-electron chi connectivity index (χ1n) is 12.0. The van der Waals surface area contributed by atoms with Crippen LogP contribution >= 0.6 is 0 Å². The quantitative estimate of drug-likeness (QED) is 0.106. The molecule has 1 aliphatic heterocycles. The number of carbonyl (C=O) groups excluding carboxylic acids is 4. The Morgan fingerprint density at radius 1 is 0.821 bits per heavy atom. The lowest BCUT2D eigenvalue weighted by Crippen LogP contribution is -2.99. The van der Waals surface area contributed by atoms with Crippen molar-refractivity contribution in [3.8, 4) is 11.1 Å². The lowest BCUT2D eigenvalue weighted by molar-refractivity contribution is -0.990. The zero-order valence-electron chi connectivity index (χ0n) is 20.4. The van der Waals surface area contributed by atoms with Gasteiger partial charge in [-0.1, -0.05) is 84.9 Å². The van der Waals surface area contributed by atoms with Gasteiger partial charge in [-0.3, -0.25) is 14.4 Å². The number of benzene rings is 4. The number of rotatable bonds is 8. The van der Waals surface area contributed by atoms with E-state index in [1.54, 1.807) is 42.5 Å². The molecule has 4 aromatic rings. The van der Waals surface area contributed by atoms with Gasteiger partial charge in [0.15, 0.2) is 11.5 Å². The van der Waals surface area contributed by atoms with Gasteiger partial charge >= 0.3 is 5.97 Å². The second-order valence-electron chi connectivity index (χ2n) is 8.84. The number of anilines is 1. The normalized spacial score (nSPS) is 15.5. The molecule has 0 aromatic heterocycles. The van der Waals surface area contributed by atoms with Crippen molar-refractivity contribution in [2.45, 2.75) is 6.10 Å². The maximum atomic E-state index is 14.1. The SMILES string of the molecule is O=C(Nc1ccccc1[NH+]([O-])O)C(=O)C(C(=O)c1ccccc1-c1ccccc1)C1OC(=O)c2ccccc21. The summed E-state index contributed by atoms with van der Waals surface area (Å²) in [6.07, 6.45) is -1.35. The number of cyclic esters (lactones) is 1. The number of fused-ring (bicyclic) bond motifs is 1. The van der Waals surface area contributed by atoms with Crippen LogP contribution in [0.1, 0.15) is 32.4 Å². The lowest BCUT2D eigenvalue weighted by atomic mass is 9.82. The van der Waals surface area contributed by atoms with Gasteiger partial charge in [-0.25, -0.2) is 10.0 Å². The predicted molar refractivity (Wildman–Crippen MR) is 140 cm³/mol. The number of para-hydroxylation sites is 2. The Labute approximate surface area is 222 Å². The number of hydrogen-bond acceptors (Lipinski definition) is 7. The van der Waals surface area contributed by atoms with Crippen molar-refractivity contribution in [3.63, 3.8) is 0 Å². The van der Waals surface area contributed by atoms with Gasteiger partial charge in [-0.05, 0) is 23.3 Å². The second kappa shape index (κ2) is 10.8. The van der Waals surface area contributed by atoms with Gasteiger partial charge in [0.05, 0.1) is 5.56 Å². The highest BCUT2D eigenvalue weighted by Gasteiger charge is 2.46. The molecule has 4 aromatic carbocycles. The van der Waals surface area contributed by atoms with Crippen molar-refractivity contribution >= 4 is 34.8 Å². The number of amides is 1. The topological polar surface area (TPSA) is 137 Å². The standard InChI is InChI=1S/C30H22N2O7/c33-26(20-13-5-4-12-19(20)18-10-2-1-3-11-18)25(28-21-14-6-7-15-22(21)30(36)39-28)27(34)29(35)31-23-16-8-9-17-24(23)32(37)38/h1-17,25,28,32,37H,(H,31,35). The van der Waals surface area contributed by atoms with E-state index in [0.717, 1.165) is 5.56 Å². The molecule has 1 heterocycles. The minimum absolute atomic E-state index is 0.108. The lowest BCUT2D eigenvalue weighted by Gasteiger charge is -2.22. The third kappa shape index (κ3) is 4.97. The van der Waals surface area contributed by atoms with Crippen molar-refractivity contribution < 1.29 is 34.3 Å². The van der Waals surface area contributed by atoms with E-state index in [1.807, 2.05) is 30.3 Å². The summed E-state index contributed by atoms with van der Waals surface area (Å²) < 4.78 is 5.51. The summed E-state index contributed by atoms with van der Waals surface area (Å²) in [5.74, 6) is -5.53. The first kappa shape index (κ1) is 25.7. The van der Waals surface area contributed by atoms with E-state index in [1.165, 1.54) is 30.3 Å². The number of ether oxygens (including phenoxy) is 1. The van der Waals surface area contributed by atoms with Crippen molar-refractivity contribution in [2.75, 3.05) is 5.32 Å². The average Bonchev–Trinajstić information content (AvgIpc) is 3.29. The molecule has 5 rings (SSSR count). The second-order valence-corrected chi connectivity index (χ2v) is 8.84. The summed E-state index contributed by atoms with van der Waals surface area (Å²) in [5, 5.41) is 22.1. The predicted octanol–water partition coefficient (Wildman–Crippen LogP) is 3.68. The van der Waals surface area contributed by atoms with Crippen LogP contribution in [0, 0.1) is 11.1 Å². The maximum Gasteiger partial charge on any atom is 0.339 e. The van der Waals surface area contributed by atoms with Gasteiger partial charge in [-0.15, -0.1) is 0 Å². The highest BCUT2D eigenvalue weighted by atomic mass is 16.8.